The molecular formula is C13H19N3O2. The molecule has 0 bridgehead atoms. The third-order valence-corrected chi connectivity index (χ3v) is 3.43. The summed E-state index contributed by atoms with van der Waals surface area (Å²) < 4.78 is 5.12. The lowest BCUT2D eigenvalue weighted by Crippen LogP contribution is -2.40. The smallest absolute Gasteiger partial charge is 0.259 e. The van der Waals surface area contributed by atoms with Gasteiger partial charge >= 0.3 is 0 Å². The summed E-state index contributed by atoms with van der Waals surface area (Å²) in [6, 6.07) is 3.51. The number of nitrogens with zero attached hydrogens (tertiary/aromatic N) is 2. The van der Waals surface area contributed by atoms with Crippen LogP contribution in [0.1, 0.15) is 23.2 Å². The molecule has 0 spiro atoms. The van der Waals surface area contributed by atoms with E-state index in [1.165, 1.54) is 7.11 Å². The molecule has 18 heavy (non-hydrogen) atoms. The Labute approximate surface area is 107 Å². The van der Waals surface area contributed by atoms with E-state index in [2.05, 4.69) is 4.98 Å². The van der Waals surface area contributed by atoms with Crippen LogP contribution in [0.3, 0.4) is 0 Å². The molecule has 1 aliphatic rings. The molecule has 1 aliphatic heterocycles. The maximum atomic E-state index is 12.3. The predicted octanol–water partition coefficient (Wildman–Crippen LogP) is 0.901. The normalized spacial score (nSPS) is 16.7. The Hall–Kier alpha value is -1.62. The van der Waals surface area contributed by atoms with Crippen LogP contribution in [0.2, 0.25) is 0 Å². The maximum Gasteiger partial charge on any atom is 0.259 e. The van der Waals surface area contributed by atoms with E-state index >= 15 is 0 Å². The lowest BCUT2D eigenvalue weighted by Gasteiger charge is -2.31. The van der Waals surface area contributed by atoms with Gasteiger partial charge in [-0.2, -0.15) is 0 Å². The summed E-state index contributed by atoms with van der Waals surface area (Å²) in [5.41, 5.74) is 6.18. The minimum absolute atomic E-state index is 0.00424. The molecule has 1 aromatic rings. The van der Waals surface area contributed by atoms with Crippen LogP contribution in [0, 0.1) is 5.92 Å². The number of carbonyl (C=O) groups is 1. The molecule has 98 valence electrons. The third-order valence-electron chi connectivity index (χ3n) is 3.43. The molecule has 2 rings (SSSR count). The zero-order valence-corrected chi connectivity index (χ0v) is 10.6. The number of rotatable bonds is 3. The standard InChI is InChI=1S/C13H19N3O2/c1-18-12-11(3-2-6-15-12)13(17)16-7-4-10(9-14)5-8-16/h2-3,6,10H,4-5,7-9,14H2,1H3. The first-order chi connectivity index (χ1) is 8.76. The van der Waals surface area contributed by atoms with Crippen molar-refractivity contribution in [2.45, 2.75) is 12.8 Å². The van der Waals surface area contributed by atoms with Crippen molar-refractivity contribution in [1.82, 2.24) is 9.88 Å². The van der Waals surface area contributed by atoms with Crippen LogP contribution in [-0.2, 0) is 0 Å². The molecule has 5 heteroatoms. The molecule has 0 atom stereocenters. The average Bonchev–Trinajstić information content (AvgIpc) is 2.46. The van der Waals surface area contributed by atoms with Gasteiger partial charge in [-0.15, -0.1) is 0 Å². The van der Waals surface area contributed by atoms with Gasteiger partial charge in [0.1, 0.15) is 5.56 Å². The van der Waals surface area contributed by atoms with Gasteiger partial charge in [0.05, 0.1) is 7.11 Å². The highest BCUT2D eigenvalue weighted by atomic mass is 16.5. The van der Waals surface area contributed by atoms with E-state index < -0.39 is 0 Å². The molecule has 0 aliphatic carbocycles. The molecule has 1 aromatic heterocycles. The summed E-state index contributed by atoms with van der Waals surface area (Å²) in [5, 5.41) is 0. The molecule has 2 N–H and O–H groups in total. The Balaban J connectivity index is 2.08. The van der Waals surface area contributed by atoms with Gasteiger partial charge in [-0.3, -0.25) is 4.79 Å². The molecule has 1 amide bonds. The monoisotopic (exact) mass is 249 g/mol. The lowest BCUT2D eigenvalue weighted by molar-refractivity contribution is 0.0689. The number of methoxy groups -OCH3 is 1. The van der Waals surface area contributed by atoms with E-state index in [4.69, 9.17) is 10.5 Å². The van der Waals surface area contributed by atoms with Gasteiger partial charge < -0.3 is 15.4 Å². The molecule has 0 aromatic carbocycles. The fourth-order valence-corrected chi connectivity index (χ4v) is 2.26. The van der Waals surface area contributed by atoms with Crippen molar-refractivity contribution in [3.05, 3.63) is 23.9 Å². The molecular weight excluding hydrogens is 230 g/mol. The van der Waals surface area contributed by atoms with E-state index in [9.17, 15) is 4.79 Å². The fraction of sp³-hybridized carbons (Fsp3) is 0.538. The number of likely N-dealkylation sites (tertiary alicyclic amines) is 1. The Morgan fingerprint density at radius 2 is 2.28 bits per heavy atom. The molecule has 1 saturated heterocycles. The van der Waals surface area contributed by atoms with Crippen molar-refractivity contribution in [1.29, 1.82) is 0 Å². The van der Waals surface area contributed by atoms with Gasteiger partial charge in [-0.1, -0.05) is 0 Å². The average molecular weight is 249 g/mol. The summed E-state index contributed by atoms with van der Waals surface area (Å²) in [6.07, 6.45) is 3.58. The van der Waals surface area contributed by atoms with Crippen molar-refractivity contribution in [3.8, 4) is 5.88 Å². The van der Waals surface area contributed by atoms with Gasteiger partial charge in [-0.05, 0) is 37.4 Å². The maximum absolute atomic E-state index is 12.3. The molecule has 5 nitrogen and oxygen atoms in total. The summed E-state index contributed by atoms with van der Waals surface area (Å²) in [6.45, 7) is 2.23. The quantitative estimate of drug-likeness (QED) is 0.864. The number of pyridine rings is 1. The van der Waals surface area contributed by atoms with E-state index in [-0.39, 0.29) is 5.91 Å². The van der Waals surface area contributed by atoms with Crippen LogP contribution in [0.25, 0.3) is 0 Å². The second-order valence-corrected chi connectivity index (χ2v) is 4.53. The minimum Gasteiger partial charge on any atom is -0.480 e. The number of amides is 1. The molecule has 2 heterocycles. The van der Waals surface area contributed by atoms with E-state index in [1.807, 2.05) is 4.90 Å². The van der Waals surface area contributed by atoms with Crippen LogP contribution >= 0.6 is 0 Å². The fourth-order valence-electron chi connectivity index (χ4n) is 2.26. The largest absolute Gasteiger partial charge is 0.480 e. The SMILES string of the molecule is COc1ncccc1C(=O)N1CCC(CN)CC1. The van der Waals surface area contributed by atoms with E-state index in [0.717, 1.165) is 25.9 Å². The van der Waals surface area contributed by atoms with Crippen LogP contribution in [0.15, 0.2) is 18.3 Å². The highest BCUT2D eigenvalue weighted by Gasteiger charge is 2.24. The van der Waals surface area contributed by atoms with Crippen molar-refractivity contribution in [3.63, 3.8) is 0 Å². The zero-order valence-electron chi connectivity index (χ0n) is 10.6. The number of carbonyl (C=O) groups excluding carboxylic acids is 1. The van der Waals surface area contributed by atoms with Crippen molar-refractivity contribution < 1.29 is 9.53 Å². The minimum atomic E-state index is -0.00424. The van der Waals surface area contributed by atoms with E-state index in [1.54, 1.807) is 18.3 Å². The Morgan fingerprint density at radius 1 is 1.56 bits per heavy atom. The Bertz CT molecular complexity index is 414. The highest BCUT2D eigenvalue weighted by molar-refractivity contribution is 5.96. The summed E-state index contributed by atoms with van der Waals surface area (Å²) >= 11 is 0. The first kappa shape index (κ1) is 12.8. The molecule has 0 radical (unpaired) electrons. The van der Waals surface area contributed by atoms with Crippen molar-refractivity contribution >= 4 is 5.91 Å². The number of piperidine rings is 1. The van der Waals surface area contributed by atoms with Crippen LogP contribution in [0.4, 0.5) is 0 Å². The Kier molecular flexibility index (Phi) is 4.15. The zero-order chi connectivity index (χ0) is 13.0. The second kappa shape index (κ2) is 5.82. The first-order valence-electron chi connectivity index (χ1n) is 6.24. The first-order valence-corrected chi connectivity index (χ1v) is 6.24. The second-order valence-electron chi connectivity index (χ2n) is 4.53. The van der Waals surface area contributed by atoms with Gasteiger partial charge in [0.15, 0.2) is 0 Å². The van der Waals surface area contributed by atoms with Gasteiger partial charge in [0.25, 0.3) is 5.91 Å². The number of hydrogen-bond donors (Lipinski definition) is 1. The number of aromatic nitrogens is 1. The third kappa shape index (κ3) is 2.61. The lowest BCUT2D eigenvalue weighted by atomic mass is 9.97. The van der Waals surface area contributed by atoms with E-state index in [0.29, 0.717) is 23.9 Å². The number of nitrogens with two attached hydrogens (primary N) is 1. The Morgan fingerprint density at radius 3 is 2.89 bits per heavy atom. The summed E-state index contributed by atoms with van der Waals surface area (Å²) in [7, 11) is 1.53. The molecule has 0 saturated carbocycles. The summed E-state index contributed by atoms with van der Waals surface area (Å²) in [5.74, 6) is 0.934. The highest BCUT2D eigenvalue weighted by Crippen LogP contribution is 2.21. The van der Waals surface area contributed by atoms with Gasteiger partial charge in [0, 0.05) is 19.3 Å². The van der Waals surface area contributed by atoms with Crippen molar-refractivity contribution in [2.24, 2.45) is 11.7 Å². The van der Waals surface area contributed by atoms with Crippen LogP contribution in [-0.4, -0.2) is 42.5 Å². The van der Waals surface area contributed by atoms with Gasteiger partial charge in [-0.25, -0.2) is 4.98 Å². The molecule has 0 unspecified atom stereocenters. The number of hydrogen-bond acceptors (Lipinski definition) is 4. The van der Waals surface area contributed by atoms with Gasteiger partial charge in [0.2, 0.25) is 5.88 Å². The predicted molar refractivity (Wildman–Crippen MR) is 68.5 cm³/mol. The van der Waals surface area contributed by atoms with Crippen LogP contribution in [0.5, 0.6) is 5.88 Å². The van der Waals surface area contributed by atoms with Crippen molar-refractivity contribution in [2.75, 3.05) is 26.7 Å². The van der Waals surface area contributed by atoms with Crippen LogP contribution < -0.4 is 10.5 Å². The summed E-state index contributed by atoms with van der Waals surface area (Å²) in [4.78, 5) is 18.3. The molecule has 1 fully saturated rings. The number of ether oxygens (including phenoxy) is 1. The topological polar surface area (TPSA) is 68.5 Å².